The smallest absolute Gasteiger partial charge is 0.137 e. The van der Waals surface area contributed by atoms with Gasteiger partial charge in [-0.2, -0.15) is 5.10 Å². The van der Waals surface area contributed by atoms with E-state index in [4.69, 9.17) is 4.74 Å². The molecule has 2 aliphatic heterocycles. The fourth-order valence-electron chi connectivity index (χ4n) is 3.70. The van der Waals surface area contributed by atoms with Crippen LogP contribution in [0.3, 0.4) is 0 Å². The van der Waals surface area contributed by atoms with Gasteiger partial charge < -0.3 is 9.64 Å². The molecule has 0 saturated carbocycles. The molecule has 1 N–H and O–H groups in total. The molecule has 0 aromatic carbocycles. The van der Waals surface area contributed by atoms with E-state index in [2.05, 4.69) is 20.1 Å². The lowest BCUT2D eigenvalue weighted by molar-refractivity contribution is 0.0627. The van der Waals surface area contributed by atoms with E-state index in [0.717, 1.165) is 31.5 Å². The first kappa shape index (κ1) is 15.0. The summed E-state index contributed by atoms with van der Waals surface area (Å²) in [5.41, 5.74) is 0. The second-order valence-corrected chi connectivity index (χ2v) is 6.56. The summed E-state index contributed by atoms with van der Waals surface area (Å²) in [6, 6.07) is 0. The molecule has 0 bridgehead atoms. The fraction of sp³-hybridized carbons (Fsp3) is 0.875. The highest BCUT2D eigenvalue weighted by Crippen LogP contribution is 2.25. The van der Waals surface area contributed by atoms with Crippen LogP contribution in [-0.4, -0.2) is 52.9 Å². The van der Waals surface area contributed by atoms with Crippen molar-refractivity contribution in [3.05, 3.63) is 12.2 Å². The number of ether oxygens (including phenoxy) is 1. The molecular weight excluding hydrogens is 264 g/mol. The largest absolute Gasteiger partial charge is 0.381 e. The SMILES string of the molecule is c1n[nH]c([C@H]2CCCN(CCCCC3CCOCC3)C2)n1. The maximum absolute atomic E-state index is 5.43. The van der Waals surface area contributed by atoms with E-state index >= 15 is 0 Å². The third-order valence-electron chi connectivity index (χ3n) is 5.00. The normalized spacial score (nSPS) is 25.2. The molecule has 1 aromatic heterocycles. The lowest BCUT2D eigenvalue weighted by atomic mass is 9.93. The Morgan fingerprint density at radius 2 is 2.14 bits per heavy atom. The molecule has 3 heterocycles. The van der Waals surface area contributed by atoms with Gasteiger partial charge >= 0.3 is 0 Å². The number of piperidine rings is 1. The zero-order valence-corrected chi connectivity index (χ0v) is 13.0. The van der Waals surface area contributed by atoms with Crippen molar-refractivity contribution >= 4 is 0 Å². The molecule has 2 fully saturated rings. The third kappa shape index (κ3) is 4.51. The standard InChI is InChI=1S/C16H28N4O/c1(4-14-6-10-21-11-7-14)2-8-20-9-3-5-15(12-20)16-17-13-18-19-16/h13-15H,1-12H2,(H,17,18,19)/t15-/m0/s1. The Balaban J connectivity index is 1.33. The molecule has 0 unspecified atom stereocenters. The Morgan fingerprint density at radius 3 is 2.95 bits per heavy atom. The summed E-state index contributed by atoms with van der Waals surface area (Å²) in [5, 5.41) is 7.02. The number of aromatic nitrogens is 3. The Morgan fingerprint density at radius 1 is 1.24 bits per heavy atom. The highest BCUT2D eigenvalue weighted by molar-refractivity contribution is 4.96. The molecule has 0 spiro atoms. The van der Waals surface area contributed by atoms with Crippen LogP contribution in [0.1, 0.15) is 56.7 Å². The number of rotatable bonds is 6. The van der Waals surface area contributed by atoms with Crippen LogP contribution < -0.4 is 0 Å². The maximum Gasteiger partial charge on any atom is 0.137 e. The molecule has 5 heteroatoms. The summed E-state index contributed by atoms with van der Waals surface area (Å²) < 4.78 is 5.43. The monoisotopic (exact) mass is 292 g/mol. The lowest BCUT2D eigenvalue weighted by Gasteiger charge is -2.31. The summed E-state index contributed by atoms with van der Waals surface area (Å²) in [5.74, 6) is 2.54. The predicted molar refractivity (Wildman–Crippen MR) is 82.2 cm³/mol. The quantitative estimate of drug-likeness (QED) is 0.819. The Labute approximate surface area is 127 Å². The average Bonchev–Trinajstić information content (AvgIpc) is 3.07. The van der Waals surface area contributed by atoms with Crippen LogP contribution in [0.15, 0.2) is 6.33 Å². The van der Waals surface area contributed by atoms with Crippen molar-refractivity contribution in [2.75, 3.05) is 32.8 Å². The highest BCUT2D eigenvalue weighted by atomic mass is 16.5. The lowest BCUT2D eigenvalue weighted by Crippen LogP contribution is -2.35. The van der Waals surface area contributed by atoms with Gasteiger partial charge in [-0.25, -0.2) is 4.98 Å². The number of aromatic amines is 1. The van der Waals surface area contributed by atoms with E-state index in [0.29, 0.717) is 5.92 Å². The van der Waals surface area contributed by atoms with Gasteiger partial charge in [0, 0.05) is 25.7 Å². The van der Waals surface area contributed by atoms with Crippen molar-refractivity contribution in [2.24, 2.45) is 5.92 Å². The first-order valence-electron chi connectivity index (χ1n) is 8.57. The minimum Gasteiger partial charge on any atom is -0.381 e. The van der Waals surface area contributed by atoms with Crippen LogP contribution in [0.2, 0.25) is 0 Å². The molecular formula is C16H28N4O. The van der Waals surface area contributed by atoms with E-state index in [1.54, 1.807) is 6.33 Å². The minimum absolute atomic E-state index is 0.553. The molecule has 1 atom stereocenters. The van der Waals surface area contributed by atoms with E-state index < -0.39 is 0 Å². The van der Waals surface area contributed by atoms with Crippen LogP contribution in [0.25, 0.3) is 0 Å². The van der Waals surface area contributed by atoms with Gasteiger partial charge in [0.25, 0.3) is 0 Å². The first-order valence-corrected chi connectivity index (χ1v) is 8.57. The van der Waals surface area contributed by atoms with Gasteiger partial charge in [-0.1, -0.05) is 12.8 Å². The average molecular weight is 292 g/mol. The number of nitrogens with zero attached hydrogens (tertiary/aromatic N) is 3. The van der Waals surface area contributed by atoms with Crippen LogP contribution in [0, 0.1) is 5.92 Å². The van der Waals surface area contributed by atoms with Crippen molar-refractivity contribution in [2.45, 2.75) is 50.9 Å². The molecule has 2 aliphatic rings. The Hall–Kier alpha value is -0.940. The van der Waals surface area contributed by atoms with Crippen LogP contribution in [0.5, 0.6) is 0 Å². The molecule has 21 heavy (non-hydrogen) atoms. The number of likely N-dealkylation sites (tertiary alicyclic amines) is 1. The maximum atomic E-state index is 5.43. The zero-order chi connectivity index (χ0) is 14.3. The van der Waals surface area contributed by atoms with Crippen molar-refractivity contribution in [3.8, 4) is 0 Å². The molecule has 0 radical (unpaired) electrons. The molecule has 118 valence electrons. The first-order chi connectivity index (χ1) is 10.4. The van der Waals surface area contributed by atoms with Crippen molar-refractivity contribution in [3.63, 3.8) is 0 Å². The summed E-state index contributed by atoms with van der Waals surface area (Å²) in [4.78, 5) is 6.94. The van der Waals surface area contributed by atoms with Gasteiger partial charge in [0.15, 0.2) is 0 Å². The van der Waals surface area contributed by atoms with Gasteiger partial charge in [0.2, 0.25) is 0 Å². The summed E-state index contributed by atoms with van der Waals surface area (Å²) in [7, 11) is 0. The fourth-order valence-corrected chi connectivity index (χ4v) is 3.70. The van der Waals surface area contributed by atoms with Gasteiger partial charge in [-0.15, -0.1) is 0 Å². The van der Waals surface area contributed by atoms with Crippen molar-refractivity contribution in [1.82, 2.24) is 20.1 Å². The van der Waals surface area contributed by atoms with E-state index in [1.165, 1.54) is 58.0 Å². The van der Waals surface area contributed by atoms with Crippen LogP contribution >= 0.6 is 0 Å². The van der Waals surface area contributed by atoms with Gasteiger partial charge in [-0.3, -0.25) is 5.10 Å². The highest BCUT2D eigenvalue weighted by Gasteiger charge is 2.23. The second-order valence-electron chi connectivity index (χ2n) is 6.56. The molecule has 1 aromatic rings. The van der Waals surface area contributed by atoms with E-state index in [-0.39, 0.29) is 0 Å². The second kappa shape index (κ2) is 7.90. The predicted octanol–water partition coefficient (Wildman–Crippen LogP) is 2.58. The summed E-state index contributed by atoms with van der Waals surface area (Å²) in [6.45, 7) is 5.60. The molecule has 3 rings (SSSR count). The zero-order valence-electron chi connectivity index (χ0n) is 13.0. The van der Waals surface area contributed by atoms with Crippen LogP contribution in [-0.2, 0) is 4.74 Å². The number of hydrogen-bond donors (Lipinski definition) is 1. The Kier molecular flexibility index (Phi) is 5.63. The summed E-state index contributed by atoms with van der Waals surface area (Å²) in [6.07, 6.45) is 10.8. The van der Waals surface area contributed by atoms with Crippen LogP contribution in [0.4, 0.5) is 0 Å². The number of unbranched alkanes of at least 4 members (excludes halogenated alkanes) is 1. The third-order valence-corrected chi connectivity index (χ3v) is 5.00. The van der Waals surface area contributed by atoms with E-state index in [1.807, 2.05) is 0 Å². The molecule has 5 nitrogen and oxygen atoms in total. The molecule has 0 aliphatic carbocycles. The minimum atomic E-state index is 0.553. The summed E-state index contributed by atoms with van der Waals surface area (Å²) >= 11 is 0. The van der Waals surface area contributed by atoms with Gasteiger partial charge in [-0.05, 0) is 51.1 Å². The van der Waals surface area contributed by atoms with Gasteiger partial charge in [0.1, 0.15) is 12.2 Å². The van der Waals surface area contributed by atoms with Crippen molar-refractivity contribution < 1.29 is 4.74 Å². The number of H-pyrrole nitrogens is 1. The Bertz CT molecular complexity index is 389. The van der Waals surface area contributed by atoms with Crippen molar-refractivity contribution in [1.29, 1.82) is 0 Å². The number of hydrogen-bond acceptors (Lipinski definition) is 4. The molecule has 2 saturated heterocycles. The van der Waals surface area contributed by atoms with E-state index in [9.17, 15) is 0 Å². The molecule has 0 amide bonds. The van der Waals surface area contributed by atoms with Gasteiger partial charge in [0.05, 0.1) is 0 Å². The number of nitrogens with one attached hydrogen (secondary N) is 1. The topological polar surface area (TPSA) is 54.0 Å².